The third kappa shape index (κ3) is 5.03. The van der Waals surface area contributed by atoms with E-state index in [1.165, 1.54) is 11.3 Å². The van der Waals surface area contributed by atoms with Crippen LogP contribution in [-0.4, -0.2) is 26.6 Å². The molecular weight excluding hydrogens is 422 g/mol. The van der Waals surface area contributed by atoms with Crippen LogP contribution in [0.15, 0.2) is 54.9 Å². The second kappa shape index (κ2) is 8.55. The minimum atomic E-state index is -0.610. The van der Waals surface area contributed by atoms with Crippen LogP contribution in [0.5, 0.6) is 0 Å². The van der Waals surface area contributed by atoms with Crippen LogP contribution in [-0.2, 0) is 11.3 Å². The van der Waals surface area contributed by atoms with Gasteiger partial charge in [-0.1, -0.05) is 53.3 Å². The van der Waals surface area contributed by atoms with Crippen LogP contribution in [0.3, 0.4) is 0 Å². The number of hydrogen-bond acceptors (Lipinski definition) is 7. The van der Waals surface area contributed by atoms with E-state index in [-0.39, 0.29) is 5.95 Å². The number of carbonyl (C=O) groups excluding carboxylic acids is 1. The molecule has 0 aliphatic carbocycles. The Kier molecular flexibility index (Phi) is 5.80. The summed E-state index contributed by atoms with van der Waals surface area (Å²) >= 11 is 1.42. The molecular formula is C24H25N5O2S. The zero-order valence-electron chi connectivity index (χ0n) is 18.5. The van der Waals surface area contributed by atoms with E-state index in [0.717, 1.165) is 32.5 Å². The summed E-state index contributed by atoms with van der Waals surface area (Å²) in [7, 11) is 0. The van der Waals surface area contributed by atoms with Gasteiger partial charge in [0.15, 0.2) is 5.13 Å². The van der Waals surface area contributed by atoms with Crippen LogP contribution >= 0.6 is 11.3 Å². The molecule has 2 aromatic heterocycles. The van der Waals surface area contributed by atoms with Gasteiger partial charge in [0.05, 0.1) is 16.9 Å². The van der Waals surface area contributed by atoms with Gasteiger partial charge in [0.25, 0.3) is 0 Å². The largest absolute Gasteiger partial charge is 0.443 e. The van der Waals surface area contributed by atoms with E-state index in [1.54, 1.807) is 17.3 Å². The minimum absolute atomic E-state index is 0.230. The molecule has 0 radical (unpaired) electrons. The van der Waals surface area contributed by atoms with Gasteiger partial charge in [-0.15, -0.1) is 0 Å². The van der Waals surface area contributed by atoms with Crippen molar-refractivity contribution in [3.05, 3.63) is 66.0 Å². The third-order valence-corrected chi connectivity index (χ3v) is 5.75. The fraction of sp³-hybridized carbons (Fsp3) is 0.250. The number of hydrogen-bond donors (Lipinski definition) is 1. The van der Waals surface area contributed by atoms with Crippen LogP contribution in [0.4, 0.5) is 15.9 Å². The number of fused-ring (bicyclic) bond motifs is 1. The zero-order chi connectivity index (χ0) is 22.9. The lowest BCUT2D eigenvalue weighted by Crippen LogP contribution is -2.36. The third-order valence-electron chi connectivity index (χ3n) is 4.69. The van der Waals surface area contributed by atoms with Gasteiger partial charge in [-0.2, -0.15) is 0 Å². The molecule has 2 aromatic carbocycles. The topological polar surface area (TPSA) is 94.2 Å². The number of aryl methyl sites for hydroxylation is 1. The Hall–Kier alpha value is -3.52. The number of aromatic nitrogens is 3. The first-order chi connectivity index (χ1) is 15.2. The van der Waals surface area contributed by atoms with E-state index in [1.807, 2.05) is 70.2 Å². The fourth-order valence-corrected chi connectivity index (χ4v) is 4.02. The number of rotatable bonds is 4. The fourth-order valence-electron chi connectivity index (χ4n) is 3.12. The van der Waals surface area contributed by atoms with Crippen LogP contribution < -0.4 is 10.6 Å². The molecule has 0 bridgehead atoms. The molecule has 4 aromatic rings. The number of carbonyl (C=O) groups is 1. The Bertz CT molecular complexity index is 1260. The highest BCUT2D eigenvalue weighted by atomic mass is 32.1. The predicted octanol–water partition coefficient (Wildman–Crippen LogP) is 5.59. The quantitative estimate of drug-likeness (QED) is 0.438. The second-order valence-electron chi connectivity index (χ2n) is 8.56. The van der Waals surface area contributed by atoms with Crippen LogP contribution in [0, 0.1) is 6.92 Å². The summed E-state index contributed by atoms with van der Waals surface area (Å²) in [5.74, 6) is 0.230. The number of benzene rings is 2. The summed E-state index contributed by atoms with van der Waals surface area (Å²) in [6.07, 6.45) is 3.03. The van der Waals surface area contributed by atoms with E-state index < -0.39 is 11.7 Å². The van der Waals surface area contributed by atoms with Crippen molar-refractivity contribution in [2.24, 2.45) is 0 Å². The molecule has 1 amide bonds. The van der Waals surface area contributed by atoms with Gasteiger partial charge in [-0.25, -0.2) is 24.6 Å². The van der Waals surface area contributed by atoms with Crippen LogP contribution in [0.1, 0.15) is 31.9 Å². The van der Waals surface area contributed by atoms with Crippen LogP contribution in [0.25, 0.3) is 21.3 Å². The summed E-state index contributed by atoms with van der Waals surface area (Å²) in [5.41, 5.74) is 8.98. The lowest BCUT2D eigenvalue weighted by molar-refractivity contribution is 0.0577. The zero-order valence-corrected chi connectivity index (χ0v) is 19.3. The highest BCUT2D eigenvalue weighted by Gasteiger charge is 2.26. The highest BCUT2D eigenvalue weighted by Crippen LogP contribution is 2.34. The Labute approximate surface area is 190 Å². The molecule has 0 saturated carbocycles. The Balaban J connectivity index is 1.67. The Morgan fingerprint density at radius 1 is 1.09 bits per heavy atom. The molecule has 0 spiro atoms. The number of nitrogen functional groups attached to an aromatic ring is 1. The Morgan fingerprint density at radius 2 is 1.84 bits per heavy atom. The molecule has 0 aliphatic rings. The van der Waals surface area contributed by atoms with Gasteiger partial charge in [0.1, 0.15) is 5.60 Å². The second-order valence-corrected chi connectivity index (χ2v) is 9.57. The number of thiazole rings is 1. The van der Waals surface area contributed by atoms with Crippen molar-refractivity contribution in [3.8, 4) is 10.4 Å². The molecule has 164 valence electrons. The average Bonchev–Trinajstić information content (AvgIpc) is 3.21. The van der Waals surface area contributed by atoms with Crippen LogP contribution in [0.2, 0.25) is 0 Å². The van der Waals surface area contributed by atoms with Gasteiger partial charge < -0.3 is 10.5 Å². The Morgan fingerprint density at radius 3 is 2.56 bits per heavy atom. The molecule has 0 unspecified atom stereocenters. The normalized spacial score (nSPS) is 11.5. The van der Waals surface area contributed by atoms with Crippen molar-refractivity contribution < 1.29 is 9.53 Å². The van der Waals surface area contributed by atoms with Gasteiger partial charge in [0, 0.05) is 17.8 Å². The monoisotopic (exact) mass is 447 g/mol. The molecule has 7 nitrogen and oxygen atoms in total. The van der Waals surface area contributed by atoms with E-state index in [2.05, 4.69) is 15.0 Å². The molecule has 2 heterocycles. The molecule has 0 saturated heterocycles. The molecule has 0 atom stereocenters. The lowest BCUT2D eigenvalue weighted by Gasteiger charge is -2.26. The van der Waals surface area contributed by atoms with Gasteiger partial charge in [0.2, 0.25) is 5.95 Å². The summed E-state index contributed by atoms with van der Waals surface area (Å²) in [6.45, 7) is 7.95. The maximum atomic E-state index is 13.0. The summed E-state index contributed by atoms with van der Waals surface area (Å²) < 4.78 is 5.66. The lowest BCUT2D eigenvalue weighted by atomic mass is 10.1. The molecule has 4 rings (SSSR count). The van der Waals surface area contributed by atoms with Crippen molar-refractivity contribution in [2.75, 3.05) is 10.6 Å². The first kappa shape index (κ1) is 21.7. The number of amides is 1. The van der Waals surface area contributed by atoms with Gasteiger partial charge in [-0.05, 0) is 44.9 Å². The SMILES string of the molecule is Cc1ccc(CN(C(=O)OC(C)(C)C)c2ncc(-c3ccc4cnc(N)nc4c3)s2)cc1. The summed E-state index contributed by atoms with van der Waals surface area (Å²) in [4.78, 5) is 28.4. The average molecular weight is 448 g/mol. The van der Waals surface area contributed by atoms with Crippen molar-refractivity contribution in [2.45, 2.75) is 39.8 Å². The van der Waals surface area contributed by atoms with E-state index in [0.29, 0.717) is 11.7 Å². The van der Waals surface area contributed by atoms with E-state index >= 15 is 0 Å². The standard InChI is InChI=1S/C24H25N5O2S/c1-15-5-7-16(8-6-15)14-29(23(30)31-24(2,3)4)22-27-13-20(32-22)17-9-10-18-12-26-21(25)28-19(18)11-17/h5-13H,14H2,1-4H3,(H2,25,26,28). The first-order valence-electron chi connectivity index (χ1n) is 10.2. The molecule has 8 heteroatoms. The summed E-state index contributed by atoms with van der Waals surface area (Å²) in [6, 6.07) is 13.9. The van der Waals surface area contributed by atoms with Crippen molar-refractivity contribution in [3.63, 3.8) is 0 Å². The van der Waals surface area contributed by atoms with Gasteiger partial charge >= 0.3 is 6.09 Å². The minimum Gasteiger partial charge on any atom is -0.443 e. The molecule has 0 fully saturated rings. The smallest absolute Gasteiger partial charge is 0.416 e. The van der Waals surface area contributed by atoms with Crippen molar-refractivity contribution in [1.29, 1.82) is 0 Å². The highest BCUT2D eigenvalue weighted by molar-refractivity contribution is 7.19. The maximum absolute atomic E-state index is 13.0. The van der Waals surface area contributed by atoms with E-state index in [4.69, 9.17) is 10.5 Å². The number of nitrogens with zero attached hydrogens (tertiary/aromatic N) is 4. The molecule has 0 aliphatic heterocycles. The maximum Gasteiger partial charge on any atom is 0.416 e. The van der Waals surface area contributed by atoms with Crippen molar-refractivity contribution >= 4 is 39.4 Å². The molecule has 2 N–H and O–H groups in total. The first-order valence-corrected chi connectivity index (χ1v) is 11.0. The molecule has 32 heavy (non-hydrogen) atoms. The number of ether oxygens (including phenoxy) is 1. The predicted molar refractivity (Wildman–Crippen MR) is 129 cm³/mol. The van der Waals surface area contributed by atoms with E-state index in [9.17, 15) is 4.79 Å². The van der Waals surface area contributed by atoms with Gasteiger partial charge in [-0.3, -0.25) is 0 Å². The van der Waals surface area contributed by atoms with Crippen molar-refractivity contribution in [1.82, 2.24) is 15.0 Å². The number of nitrogens with two attached hydrogens (primary N) is 1. The summed E-state index contributed by atoms with van der Waals surface area (Å²) in [5, 5.41) is 1.47. The number of anilines is 2.